The van der Waals surface area contributed by atoms with Crippen LogP contribution in [-0.2, 0) is 17.9 Å². The van der Waals surface area contributed by atoms with Gasteiger partial charge in [-0.25, -0.2) is 0 Å². The Morgan fingerprint density at radius 1 is 0.971 bits per heavy atom. The number of hydrogen-bond acceptors (Lipinski definition) is 6. The van der Waals surface area contributed by atoms with Crippen LogP contribution >= 0.6 is 11.8 Å². The van der Waals surface area contributed by atoms with Crippen LogP contribution in [0.5, 0.6) is 0 Å². The summed E-state index contributed by atoms with van der Waals surface area (Å²) in [7, 11) is 0. The highest BCUT2D eigenvalue weighted by molar-refractivity contribution is 7.99. The third kappa shape index (κ3) is 7.02. The number of amides is 1. The van der Waals surface area contributed by atoms with Crippen molar-refractivity contribution in [2.45, 2.75) is 57.4 Å². The highest BCUT2D eigenvalue weighted by Crippen LogP contribution is 2.22. The maximum absolute atomic E-state index is 12.9. The topological polar surface area (TPSA) is 80.1 Å². The maximum atomic E-state index is 12.9. The number of likely N-dealkylation sites (tertiary alicyclic amines) is 1. The molecule has 1 atom stereocenters. The third-order valence-electron chi connectivity index (χ3n) is 6.28. The van der Waals surface area contributed by atoms with Crippen molar-refractivity contribution in [2.75, 3.05) is 18.8 Å². The average Bonchev–Trinajstić information content (AvgIpc) is 3.24. The molecule has 0 aliphatic carbocycles. The molecular formula is C27H33N5O2S. The van der Waals surface area contributed by atoms with Crippen molar-refractivity contribution in [3.8, 4) is 0 Å². The second kappa shape index (κ2) is 12.1. The summed E-state index contributed by atoms with van der Waals surface area (Å²) in [6.45, 7) is 7.08. The van der Waals surface area contributed by atoms with Gasteiger partial charge in [0.25, 0.3) is 0 Å². The molecule has 184 valence electrons. The van der Waals surface area contributed by atoms with Gasteiger partial charge >= 0.3 is 0 Å². The molecule has 8 heteroatoms. The van der Waals surface area contributed by atoms with Crippen LogP contribution < -0.4 is 5.32 Å². The Labute approximate surface area is 211 Å². The van der Waals surface area contributed by atoms with Gasteiger partial charge in [-0.05, 0) is 44.0 Å². The molecule has 1 fully saturated rings. The van der Waals surface area contributed by atoms with Crippen LogP contribution in [0.25, 0.3) is 0 Å². The second-order valence-electron chi connectivity index (χ2n) is 9.06. The molecule has 2 aromatic carbocycles. The number of hydrogen-bond donors (Lipinski definition) is 1. The molecule has 0 radical (unpaired) electrons. The predicted octanol–water partition coefficient (Wildman–Crippen LogP) is 4.48. The largest absolute Gasteiger partial charge is 0.350 e. The van der Waals surface area contributed by atoms with Gasteiger partial charge < -0.3 is 9.88 Å². The molecule has 1 N–H and O–H groups in total. The summed E-state index contributed by atoms with van der Waals surface area (Å²) in [5.41, 5.74) is 2.80. The van der Waals surface area contributed by atoms with Gasteiger partial charge in [0.1, 0.15) is 5.82 Å². The monoisotopic (exact) mass is 491 g/mol. The summed E-state index contributed by atoms with van der Waals surface area (Å²) in [5.74, 6) is 1.20. The first kappa shape index (κ1) is 25.1. The molecule has 1 aromatic heterocycles. The molecule has 1 unspecified atom stereocenters. The summed E-state index contributed by atoms with van der Waals surface area (Å²) < 4.78 is 2.15. The molecular weight excluding hydrogens is 458 g/mol. The maximum Gasteiger partial charge on any atom is 0.217 e. The van der Waals surface area contributed by atoms with Crippen molar-refractivity contribution >= 4 is 23.5 Å². The molecule has 0 saturated carbocycles. The lowest BCUT2D eigenvalue weighted by molar-refractivity contribution is -0.119. The Bertz CT molecular complexity index is 1120. The lowest BCUT2D eigenvalue weighted by atomic mass is 10.0. The number of nitrogens with one attached hydrogen (secondary N) is 1. The number of benzene rings is 2. The van der Waals surface area contributed by atoms with Crippen LogP contribution in [0.15, 0.2) is 59.8 Å². The number of carbonyl (C=O) groups excluding carboxylic acids is 2. The Morgan fingerprint density at radius 3 is 2.37 bits per heavy atom. The van der Waals surface area contributed by atoms with Gasteiger partial charge in [0.2, 0.25) is 5.91 Å². The van der Waals surface area contributed by atoms with Gasteiger partial charge in [0.05, 0.1) is 24.9 Å². The number of nitrogens with zero attached hydrogens (tertiary/aromatic N) is 4. The van der Waals surface area contributed by atoms with Crippen LogP contribution in [0.1, 0.15) is 66.5 Å². The normalized spacial score (nSPS) is 15.0. The molecule has 1 aliphatic rings. The highest BCUT2D eigenvalue weighted by Gasteiger charge is 2.19. The van der Waals surface area contributed by atoms with Crippen molar-refractivity contribution in [3.63, 3.8) is 0 Å². The smallest absolute Gasteiger partial charge is 0.217 e. The Kier molecular flexibility index (Phi) is 8.71. The summed E-state index contributed by atoms with van der Waals surface area (Å²) in [4.78, 5) is 26.7. The summed E-state index contributed by atoms with van der Waals surface area (Å²) in [6, 6.07) is 17.6. The molecule has 3 aromatic rings. The number of aromatic nitrogens is 3. The number of piperidine rings is 1. The van der Waals surface area contributed by atoms with E-state index in [1.165, 1.54) is 43.5 Å². The van der Waals surface area contributed by atoms with E-state index in [4.69, 9.17) is 0 Å². The fourth-order valence-electron chi connectivity index (χ4n) is 4.34. The van der Waals surface area contributed by atoms with E-state index < -0.39 is 0 Å². The second-order valence-corrected chi connectivity index (χ2v) is 10.0. The highest BCUT2D eigenvalue weighted by atomic mass is 32.2. The van der Waals surface area contributed by atoms with E-state index in [-0.39, 0.29) is 23.5 Å². The van der Waals surface area contributed by atoms with Gasteiger partial charge in [-0.1, -0.05) is 72.8 Å². The van der Waals surface area contributed by atoms with Gasteiger partial charge in [0.15, 0.2) is 10.9 Å². The van der Waals surface area contributed by atoms with E-state index in [1.807, 2.05) is 49.4 Å². The Hall–Kier alpha value is -2.97. The first-order chi connectivity index (χ1) is 17.0. The van der Waals surface area contributed by atoms with Crippen LogP contribution in [-0.4, -0.2) is 50.2 Å². The zero-order valence-electron chi connectivity index (χ0n) is 20.4. The zero-order chi connectivity index (χ0) is 24.6. The number of ketones is 1. The van der Waals surface area contributed by atoms with Crippen molar-refractivity contribution in [1.29, 1.82) is 0 Å². The van der Waals surface area contributed by atoms with E-state index in [0.717, 1.165) is 36.2 Å². The molecule has 35 heavy (non-hydrogen) atoms. The summed E-state index contributed by atoms with van der Waals surface area (Å²) >= 11 is 1.44. The molecule has 0 bridgehead atoms. The molecule has 4 rings (SSSR count). The van der Waals surface area contributed by atoms with Crippen molar-refractivity contribution < 1.29 is 9.59 Å². The van der Waals surface area contributed by atoms with E-state index in [9.17, 15) is 9.59 Å². The van der Waals surface area contributed by atoms with Crippen molar-refractivity contribution in [2.24, 2.45) is 0 Å². The molecule has 2 heterocycles. The van der Waals surface area contributed by atoms with E-state index >= 15 is 0 Å². The van der Waals surface area contributed by atoms with E-state index in [2.05, 4.69) is 37.1 Å². The molecule has 1 amide bonds. The third-order valence-corrected chi connectivity index (χ3v) is 7.24. The van der Waals surface area contributed by atoms with Gasteiger partial charge in [-0.2, -0.15) is 0 Å². The number of thioether (sulfide) groups is 1. The Morgan fingerprint density at radius 2 is 1.69 bits per heavy atom. The standard InChI is InChI=1S/C27H33N5O2S/c1-20(28-21(2)33)23-11-13-24(14-12-23)25(34)19-35-27-30-29-26(18-31-15-7-4-8-16-31)32(27)17-22-9-5-3-6-10-22/h3,5-6,9-14,20H,4,7-8,15-19H2,1-2H3,(H,28,33). The first-order valence-corrected chi connectivity index (χ1v) is 13.2. The van der Waals surface area contributed by atoms with Crippen LogP contribution in [0.4, 0.5) is 0 Å². The minimum atomic E-state index is -0.0964. The van der Waals surface area contributed by atoms with Crippen molar-refractivity contribution in [3.05, 3.63) is 77.1 Å². The number of carbonyl (C=O) groups is 2. The van der Waals surface area contributed by atoms with Gasteiger partial charge in [0, 0.05) is 12.5 Å². The predicted molar refractivity (Wildman–Crippen MR) is 138 cm³/mol. The first-order valence-electron chi connectivity index (χ1n) is 12.2. The molecule has 1 aliphatic heterocycles. The van der Waals surface area contributed by atoms with Gasteiger partial charge in [-0.3, -0.25) is 14.5 Å². The fraction of sp³-hybridized carbons (Fsp3) is 0.407. The average molecular weight is 492 g/mol. The minimum Gasteiger partial charge on any atom is -0.350 e. The summed E-state index contributed by atoms with van der Waals surface area (Å²) in [6.07, 6.45) is 3.75. The number of Topliss-reactive ketones (excluding diaryl/α,β-unsaturated/α-hetero) is 1. The van der Waals surface area contributed by atoms with E-state index in [1.54, 1.807) is 0 Å². The SMILES string of the molecule is CC(=O)NC(C)c1ccc(C(=O)CSc2nnc(CN3CCCCC3)n2Cc2ccccc2)cc1. The van der Waals surface area contributed by atoms with E-state index in [0.29, 0.717) is 12.1 Å². The lowest BCUT2D eigenvalue weighted by Crippen LogP contribution is -2.30. The van der Waals surface area contributed by atoms with Crippen LogP contribution in [0.2, 0.25) is 0 Å². The van der Waals surface area contributed by atoms with Crippen LogP contribution in [0.3, 0.4) is 0 Å². The summed E-state index contributed by atoms with van der Waals surface area (Å²) in [5, 5.41) is 12.6. The number of rotatable bonds is 10. The van der Waals surface area contributed by atoms with Crippen molar-refractivity contribution in [1.82, 2.24) is 25.0 Å². The zero-order valence-corrected chi connectivity index (χ0v) is 21.3. The van der Waals surface area contributed by atoms with Crippen LogP contribution in [0, 0.1) is 0 Å². The minimum absolute atomic E-state index is 0.0422. The molecule has 7 nitrogen and oxygen atoms in total. The lowest BCUT2D eigenvalue weighted by Gasteiger charge is -2.26. The Balaban J connectivity index is 1.44. The quantitative estimate of drug-likeness (QED) is 0.333. The molecule has 0 spiro atoms. The fourth-order valence-corrected chi connectivity index (χ4v) is 5.20. The van der Waals surface area contributed by atoms with Gasteiger partial charge in [-0.15, -0.1) is 10.2 Å². The molecule has 1 saturated heterocycles.